The molecule has 0 fully saturated rings. The Hall–Kier alpha value is -2.63. The smallest absolute Gasteiger partial charge is 0.312 e. The molecule has 0 saturated heterocycles. The molecule has 0 aromatic heterocycles. The van der Waals surface area contributed by atoms with Crippen LogP contribution in [0.3, 0.4) is 0 Å². The highest BCUT2D eigenvalue weighted by molar-refractivity contribution is 6.21. The third-order valence-electron chi connectivity index (χ3n) is 3.35. The highest BCUT2D eigenvalue weighted by atomic mass is 19.2. The van der Waals surface area contributed by atoms with Gasteiger partial charge in [-0.1, -0.05) is 25.1 Å². The maximum Gasteiger partial charge on any atom is 0.368 e. The van der Waals surface area contributed by atoms with Crippen LogP contribution in [-0.4, -0.2) is 17.5 Å². The minimum atomic E-state index is -1.29. The first-order chi connectivity index (χ1) is 10.8. The van der Waals surface area contributed by atoms with Crippen molar-refractivity contribution in [3.8, 4) is 0 Å². The highest BCUT2D eigenvalue weighted by Crippen LogP contribution is 2.20. The van der Waals surface area contributed by atoms with Crippen LogP contribution in [0.15, 0.2) is 46.7 Å². The summed E-state index contributed by atoms with van der Waals surface area (Å²) in [5.41, 5.74) is 0.795. The summed E-state index contributed by atoms with van der Waals surface area (Å²) in [5.74, 6) is -3.69. The fraction of sp³-hybridized carbons (Fsp3) is 0.235. The Morgan fingerprint density at radius 2 is 1.91 bits per heavy atom. The van der Waals surface area contributed by atoms with Crippen LogP contribution in [0.25, 0.3) is 0 Å². The molecular weight excluding hydrogens is 304 g/mol. The standard InChI is InChI=1S/C17H15F2NO3/c1-9(2)12-8-14(10(3)7-15(12)21)20-23-17(22)11-5-4-6-13(18)16(11)19/h4-9H,1-3H3/b20-14+. The molecule has 1 aromatic rings. The maximum absolute atomic E-state index is 13.5. The molecule has 0 atom stereocenters. The second-order valence-electron chi connectivity index (χ2n) is 5.40. The van der Waals surface area contributed by atoms with Crippen molar-refractivity contribution in [3.05, 3.63) is 58.7 Å². The molecule has 1 aromatic carbocycles. The third kappa shape index (κ3) is 3.59. The number of rotatable bonds is 3. The van der Waals surface area contributed by atoms with Crippen molar-refractivity contribution in [1.29, 1.82) is 0 Å². The molecule has 0 spiro atoms. The molecule has 120 valence electrons. The van der Waals surface area contributed by atoms with Gasteiger partial charge < -0.3 is 4.84 Å². The number of hydrogen-bond donors (Lipinski definition) is 0. The van der Waals surface area contributed by atoms with Crippen molar-refractivity contribution < 1.29 is 23.2 Å². The molecule has 0 saturated carbocycles. The second-order valence-corrected chi connectivity index (χ2v) is 5.40. The van der Waals surface area contributed by atoms with Crippen LogP contribution in [0.1, 0.15) is 31.1 Å². The number of allylic oxidation sites excluding steroid dienone is 4. The predicted octanol–water partition coefficient (Wildman–Crippen LogP) is 3.59. The number of halogens is 2. The van der Waals surface area contributed by atoms with E-state index in [0.29, 0.717) is 16.9 Å². The van der Waals surface area contributed by atoms with Crippen molar-refractivity contribution in [1.82, 2.24) is 0 Å². The summed E-state index contributed by atoms with van der Waals surface area (Å²) in [5, 5.41) is 3.66. The number of benzene rings is 1. The predicted molar refractivity (Wildman–Crippen MR) is 80.9 cm³/mol. The van der Waals surface area contributed by atoms with E-state index in [-0.39, 0.29) is 11.7 Å². The quantitative estimate of drug-likeness (QED) is 0.486. The molecule has 4 nitrogen and oxygen atoms in total. The first kappa shape index (κ1) is 16.7. The first-order valence-electron chi connectivity index (χ1n) is 6.99. The van der Waals surface area contributed by atoms with E-state index >= 15 is 0 Å². The average molecular weight is 319 g/mol. The van der Waals surface area contributed by atoms with Crippen molar-refractivity contribution in [2.45, 2.75) is 20.8 Å². The molecule has 23 heavy (non-hydrogen) atoms. The molecule has 0 amide bonds. The first-order valence-corrected chi connectivity index (χ1v) is 6.99. The number of oxime groups is 1. The Bertz CT molecular complexity index is 761. The summed E-state index contributed by atoms with van der Waals surface area (Å²) in [4.78, 5) is 28.3. The lowest BCUT2D eigenvalue weighted by Crippen LogP contribution is -2.16. The zero-order chi connectivity index (χ0) is 17.1. The SMILES string of the molecule is CC1=CC(=O)C(C(C)C)=C/C1=N\OC(=O)c1cccc(F)c1F. The Balaban J connectivity index is 2.25. The van der Waals surface area contributed by atoms with Crippen LogP contribution in [-0.2, 0) is 9.63 Å². The van der Waals surface area contributed by atoms with E-state index in [1.54, 1.807) is 6.92 Å². The number of carbonyl (C=O) groups is 2. The monoisotopic (exact) mass is 319 g/mol. The number of carbonyl (C=O) groups excluding carboxylic acids is 2. The normalized spacial score (nSPS) is 16.4. The van der Waals surface area contributed by atoms with Crippen LogP contribution in [0, 0.1) is 17.6 Å². The Labute approximate surface area is 132 Å². The van der Waals surface area contributed by atoms with Gasteiger partial charge in [0.1, 0.15) is 11.3 Å². The lowest BCUT2D eigenvalue weighted by molar-refractivity contribution is -0.111. The Morgan fingerprint density at radius 1 is 1.22 bits per heavy atom. The number of ketones is 1. The van der Waals surface area contributed by atoms with E-state index in [9.17, 15) is 18.4 Å². The third-order valence-corrected chi connectivity index (χ3v) is 3.35. The van der Waals surface area contributed by atoms with E-state index in [1.165, 1.54) is 18.2 Å². The average Bonchev–Trinajstić information content (AvgIpc) is 2.48. The van der Waals surface area contributed by atoms with Crippen LogP contribution >= 0.6 is 0 Å². The Kier molecular flexibility index (Phi) is 4.83. The topological polar surface area (TPSA) is 55.7 Å². The van der Waals surface area contributed by atoms with E-state index in [2.05, 4.69) is 9.99 Å². The van der Waals surface area contributed by atoms with E-state index in [1.807, 2.05) is 13.8 Å². The van der Waals surface area contributed by atoms with E-state index < -0.39 is 23.2 Å². The summed E-state index contributed by atoms with van der Waals surface area (Å²) in [6.07, 6.45) is 2.92. The molecule has 2 rings (SSSR count). The van der Waals surface area contributed by atoms with E-state index in [4.69, 9.17) is 0 Å². The van der Waals surface area contributed by atoms with Gasteiger partial charge in [-0.25, -0.2) is 13.6 Å². The molecule has 0 heterocycles. The molecule has 1 aliphatic carbocycles. The minimum Gasteiger partial charge on any atom is -0.312 e. The molecule has 0 radical (unpaired) electrons. The lowest BCUT2D eigenvalue weighted by Gasteiger charge is -2.14. The molecule has 0 aliphatic heterocycles. The van der Waals surface area contributed by atoms with Crippen molar-refractivity contribution in [2.24, 2.45) is 11.1 Å². The molecule has 6 heteroatoms. The summed E-state index contributed by atoms with van der Waals surface area (Å²) in [7, 11) is 0. The van der Waals surface area contributed by atoms with Crippen LogP contribution < -0.4 is 0 Å². The van der Waals surface area contributed by atoms with Crippen LogP contribution in [0.2, 0.25) is 0 Å². The molecule has 0 N–H and O–H groups in total. The summed E-state index contributed by atoms with van der Waals surface area (Å²) in [6, 6.07) is 3.20. The van der Waals surface area contributed by atoms with Gasteiger partial charge in [-0.2, -0.15) is 0 Å². The maximum atomic E-state index is 13.5. The molecule has 1 aliphatic rings. The number of nitrogens with zero attached hydrogens (tertiary/aromatic N) is 1. The summed E-state index contributed by atoms with van der Waals surface area (Å²) in [6.45, 7) is 5.34. The van der Waals surface area contributed by atoms with Gasteiger partial charge in [0.2, 0.25) is 0 Å². The minimum absolute atomic E-state index is 0.0200. The van der Waals surface area contributed by atoms with Gasteiger partial charge >= 0.3 is 5.97 Å². The van der Waals surface area contributed by atoms with Gasteiger partial charge in [-0.05, 0) is 42.7 Å². The van der Waals surface area contributed by atoms with Gasteiger partial charge in [0.05, 0.1) is 0 Å². The number of hydrogen-bond acceptors (Lipinski definition) is 4. The van der Waals surface area contributed by atoms with Gasteiger partial charge in [-0.15, -0.1) is 0 Å². The fourth-order valence-electron chi connectivity index (χ4n) is 2.04. The fourth-order valence-corrected chi connectivity index (χ4v) is 2.04. The van der Waals surface area contributed by atoms with Gasteiger partial charge in [-0.3, -0.25) is 4.79 Å². The molecular formula is C17H15F2NO3. The lowest BCUT2D eigenvalue weighted by atomic mass is 9.90. The van der Waals surface area contributed by atoms with Gasteiger partial charge in [0.25, 0.3) is 0 Å². The second kappa shape index (κ2) is 6.64. The van der Waals surface area contributed by atoms with E-state index in [0.717, 1.165) is 12.1 Å². The molecule has 0 unspecified atom stereocenters. The van der Waals surface area contributed by atoms with Crippen molar-refractivity contribution in [3.63, 3.8) is 0 Å². The van der Waals surface area contributed by atoms with Crippen LogP contribution in [0.4, 0.5) is 8.78 Å². The van der Waals surface area contributed by atoms with Gasteiger partial charge in [0, 0.05) is 5.57 Å². The molecule has 0 bridgehead atoms. The van der Waals surface area contributed by atoms with Crippen LogP contribution in [0.5, 0.6) is 0 Å². The largest absolute Gasteiger partial charge is 0.368 e. The zero-order valence-electron chi connectivity index (χ0n) is 12.9. The van der Waals surface area contributed by atoms with Crippen molar-refractivity contribution in [2.75, 3.05) is 0 Å². The summed E-state index contributed by atoms with van der Waals surface area (Å²) < 4.78 is 26.6. The van der Waals surface area contributed by atoms with Gasteiger partial charge in [0.15, 0.2) is 17.4 Å². The van der Waals surface area contributed by atoms with Crippen molar-refractivity contribution >= 4 is 17.5 Å². The highest BCUT2D eigenvalue weighted by Gasteiger charge is 2.21. The zero-order valence-corrected chi connectivity index (χ0v) is 12.9. The Morgan fingerprint density at radius 3 is 2.57 bits per heavy atom. The summed E-state index contributed by atoms with van der Waals surface area (Å²) >= 11 is 0.